The Balaban J connectivity index is 1.71. The summed E-state index contributed by atoms with van der Waals surface area (Å²) in [5, 5.41) is 17.0. The number of carbonyl (C=O) groups is 2. The highest BCUT2D eigenvalue weighted by Crippen LogP contribution is 2.22. The van der Waals surface area contributed by atoms with E-state index < -0.39 is 0 Å². The minimum Gasteiger partial charge on any atom is -0.355 e. The van der Waals surface area contributed by atoms with Gasteiger partial charge in [-0.2, -0.15) is 10.2 Å². The molecule has 0 radical (unpaired) electrons. The second kappa shape index (κ2) is 7.91. The van der Waals surface area contributed by atoms with Crippen LogP contribution >= 0.6 is 0 Å². The molecule has 2 aromatic heterocycles. The van der Waals surface area contributed by atoms with Crippen LogP contribution in [-0.2, 0) is 18.4 Å². The van der Waals surface area contributed by atoms with Gasteiger partial charge in [0.1, 0.15) is 5.69 Å². The first-order valence-electron chi connectivity index (χ1n) is 9.21. The molecule has 1 aliphatic heterocycles. The van der Waals surface area contributed by atoms with Gasteiger partial charge < -0.3 is 10.6 Å². The summed E-state index contributed by atoms with van der Waals surface area (Å²) in [6.45, 7) is 7.57. The van der Waals surface area contributed by atoms with Crippen LogP contribution in [-0.4, -0.2) is 61.9 Å². The van der Waals surface area contributed by atoms with E-state index in [0.717, 1.165) is 17.0 Å². The van der Waals surface area contributed by atoms with Crippen molar-refractivity contribution in [3.8, 4) is 0 Å². The lowest BCUT2D eigenvalue weighted by Crippen LogP contribution is -2.42. The molecule has 1 aliphatic rings. The topological polar surface area (TPSA) is 108 Å². The Morgan fingerprint density at radius 1 is 1.37 bits per heavy atom. The summed E-state index contributed by atoms with van der Waals surface area (Å²) in [5.41, 5.74) is 3.36. The third kappa shape index (κ3) is 4.19. The summed E-state index contributed by atoms with van der Waals surface area (Å²) in [4.78, 5) is 27.1. The molecule has 0 unspecified atom stereocenters. The molecule has 146 valence electrons. The van der Waals surface area contributed by atoms with Crippen LogP contribution in [0.25, 0.3) is 0 Å². The lowest BCUT2D eigenvalue weighted by atomic mass is 10.1. The first-order valence-corrected chi connectivity index (χ1v) is 9.21. The number of carbonyl (C=O) groups excluding carboxylic acids is 2. The number of H-pyrrole nitrogens is 1. The van der Waals surface area contributed by atoms with Crippen LogP contribution < -0.4 is 10.6 Å². The van der Waals surface area contributed by atoms with E-state index in [4.69, 9.17) is 0 Å². The molecule has 0 aromatic carbocycles. The molecule has 3 N–H and O–H groups in total. The summed E-state index contributed by atoms with van der Waals surface area (Å²) in [7, 11) is 1.90. The van der Waals surface area contributed by atoms with Crippen molar-refractivity contribution in [3.05, 3.63) is 34.9 Å². The number of hydrogen-bond acceptors (Lipinski definition) is 5. The molecule has 3 rings (SSSR count). The smallest absolute Gasteiger partial charge is 0.272 e. The van der Waals surface area contributed by atoms with Crippen molar-refractivity contribution in [3.63, 3.8) is 0 Å². The molecule has 0 aliphatic carbocycles. The molecule has 1 saturated heterocycles. The maximum absolute atomic E-state index is 12.5. The highest BCUT2D eigenvalue weighted by Gasteiger charge is 2.37. The van der Waals surface area contributed by atoms with Crippen LogP contribution in [0.5, 0.6) is 0 Å². The lowest BCUT2D eigenvalue weighted by Gasteiger charge is -2.23. The second-order valence-corrected chi connectivity index (χ2v) is 7.06. The highest BCUT2D eigenvalue weighted by atomic mass is 16.2. The molecule has 9 heteroatoms. The maximum atomic E-state index is 12.5. The van der Waals surface area contributed by atoms with Gasteiger partial charge in [-0.15, -0.1) is 0 Å². The van der Waals surface area contributed by atoms with E-state index >= 15 is 0 Å². The van der Waals surface area contributed by atoms with Crippen molar-refractivity contribution < 1.29 is 9.59 Å². The normalized spacial score (nSPS) is 20.0. The number of hydrogen-bond donors (Lipinski definition) is 3. The van der Waals surface area contributed by atoms with Gasteiger partial charge in [-0.25, -0.2) is 0 Å². The van der Waals surface area contributed by atoms with Gasteiger partial charge in [0.15, 0.2) is 0 Å². The molecule has 3 heterocycles. The Morgan fingerprint density at radius 2 is 2.15 bits per heavy atom. The molecular weight excluding hydrogens is 346 g/mol. The minimum atomic E-state index is -0.282. The fourth-order valence-corrected chi connectivity index (χ4v) is 3.46. The zero-order valence-electron chi connectivity index (χ0n) is 16.2. The zero-order valence-corrected chi connectivity index (χ0v) is 16.2. The maximum Gasteiger partial charge on any atom is 0.272 e. The summed E-state index contributed by atoms with van der Waals surface area (Å²) in [5.74, 6) is -0.232. The number of nitrogens with one attached hydrogen (secondary N) is 3. The van der Waals surface area contributed by atoms with E-state index in [1.54, 1.807) is 6.07 Å². The van der Waals surface area contributed by atoms with Gasteiger partial charge in [0, 0.05) is 49.7 Å². The van der Waals surface area contributed by atoms with E-state index in [1.807, 2.05) is 38.7 Å². The second-order valence-electron chi connectivity index (χ2n) is 7.06. The molecule has 2 aromatic rings. The van der Waals surface area contributed by atoms with Gasteiger partial charge >= 0.3 is 0 Å². The fourth-order valence-electron chi connectivity index (χ4n) is 3.46. The number of aryl methyl sites for hydroxylation is 2. The Kier molecular flexibility index (Phi) is 5.59. The largest absolute Gasteiger partial charge is 0.355 e. The van der Waals surface area contributed by atoms with Crippen molar-refractivity contribution in [1.29, 1.82) is 0 Å². The van der Waals surface area contributed by atoms with E-state index in [0.29, 0.717) is 31.7 Å². The van der Waals surface area contributed by atoms with Gasteiger partial charge in [0.25, 0.3) is 5.91 Å². The third-order valence-electron chi connectivity index (χ3n) is 5.04. The summed E-state index contributed by atoms with van der Waals surface area (Å²) in [6.07, 6.45) is 2.41. The number of likely N-dealkylation sites (N-methyl/N-ethyl adjacent to an activating group) is 1. The Morgan fingerprint density at radius 3 is 2.74 bits per heavy atom. The van der Waals surface area contributed by atoms with E-state index in [2.05, 4.69) is 30.8 Å². The van der Waals surface area contributed by atoms with Crippen molar-refractivity contribution >= 4 is 11.8 Å². The SMILES string of the molecule is CCNC(=O)[C@@H]1C[C@@H](NC(=O)c2cc(C)[nH]n2)CN1Cc1cnn(C)c1C. The Bertz CT molecular complexity index is 826. The average molecular weight is 373 g/mol. The van der Waals surface area contributed by atoms with Gasteiger partial charge in [-0.1, -0.05) is 0 Å². The molecule has 9 nitrogen and oxygen atoms in total. The zero-order chi connectivity index (χ0) is 19.6. The van der Waals surface area contributed by atoms with Crippen LogP contribution in [0.2, 0.25) is 0 Å². The fraction of sp³-hybridized carbons (Fsp3) is 0.556. The standard InChI is InChI=1S/C18H27N7O2/c1-5-19-18(27)16-7-14(21-17(26)15-6-11(2)22-23-15)10-25(16)9-13-8-20-24(4)12(13)3/h6,8,14,16H,5,7,9-10H2,1-4H3,(H,19,27)(H,21,26)(H,22,23)/t14-,16+/m1/s1. The number of likely N-dealkylation sites (tertiary alicyclic amines) is 1. The van der Waals surface area contributed by atoms with Gasteiger partial charge in [-0.3, -0.25) is 24.3 Å². The van der Waals surface area contributed by atoms with Crippen LogP contribution in [0.3, 0.4) is 0 Å². The third-order valence-corrected chi connectivity index (χ3v) is 5.04. The first kappa shape index (κ1) is 19.1. The van der Waals surface area contributed by atoms with E-state index in [9.17, 15) is 9.59 Å². The molecule has 1 fully saturated rings. The first-order chi connectivity index (χ1) is 12.9. The summed E-state index contributed by atoms with van der Waals surface area (Å²) >= 11 is 0. The van der Waals surface area contributed by atoms with Crippen molar-refractivity contribution in [2.75, 3.05) is 13.1 Å². The van der Waals surface area contributed by atoms with Gasteiger partial charge in [-0.05, 0) is 33.3 Å². The van der Waals surface area contributed by atoms with Crippen molar-refractivity contribution in [1.82, 2.24) is 35.5 Å². The molecule has 2 amide bonds. The number of aromatic nitrogens is 4. The molecule has 27 heavy (non-hydrogen) atoms. The number of aromatic amines is 1. The number of nitrogens with zero attached hydrogens (tertiary/aromatic N) is 4. The van der Waals surface area contributed by atoms with Crippen LogP contribution in [0.4, 0.5) is 0 Å². The van der Waals surface area contributed by atoms with Crippen LogP contribution in [0.15, 0.2) is 12.3 Å². The van der Waals surface area contributed by atoms with E-state index in [1.165, 1.54) is 0 Å². The molecule has 0 saturated carbocycles. The number of amides is 2. The quantitative estimate of drug-likeness (QED) is 0.674. The highest BCUT2D eigenvalue weighted by molar-refractivity contribution is 5.92. The minimum absolute atomic E-state index is 0.00796. The predicted molar refractivity (Wildman–Crippen MR) is 100 cm³/mol. The Labute approximate surface area is 158 Å². The van der Waals surface area contributed by atoms with Gasteiger partial charge in [0.2, 0.25) is 5.91 Å². The van der Waals surface area contributed by atoms with Crippen molar-refractivity contribution in [2.24, 2.45) is 7.05 Å². The van der Waals surface area contributed by atoms with E-state index in [-0.39, 0.29) is 23.9 Å². The molecule has 0 bridgehead atoms. The Hall–Kier alpha value is -2.68. The molecule has 2 atom stereocenters. The summed E-state index contributed by atoms with van der Waals surface area (Å²) in [6, 6.07) is 1.32. The average Bonchev–Trinajstić information content (AvgIpc) is 3.31. The predicted octanol–water partition coefficient (Wildman–Crippen LogP) is 0.269. The molecule has 0 spiro atoms. The lowest BCUT2D eigenvalue weighted by molar-refractivity contribution is -0.125. The molecular formula is C18H27N7O2. The monoisotopic (exact) mass is 373 g/mol. The number of rotatable bonds is 6. The van der Waals surface area contributed by atoms with Crippen molar-refractivity contribution in [2.45, 2.75) is 45.8 Å². The summed E-state index contributed by atoms with van der Waals surface area (Å²) < 4.78 is 1.83. The van der Waals surface area contributed by atoms with Gasteiger partial charge in [0.05, 0.1) is 12.2 Å². The van der Waals surface area contributed by atoms with Crippen LogP contribution in [0, 0.1) is 13.8 Å². The van der Waals surface area contributed by atoms with Crippen LogP contribution in [0.1, 0.15) is 40.8 Å².